The monoisotopic (exact) mass is 397 g/mol. The van der Waals surface area contributed by atoms with E-state index < -0.39 is 28.8 Å². The van der Waals surface area contributed by atoms with Crippen LogP contribution in [0, 0.1) is 10.1 Å². The van der Waals surface area contributed by atoms with Gasteiger partial charge in [-0.3, -0.25) is 19.7 Å². The van der Waals surface area contributed by atoms with E-state index in [1.165, 1.54) is 44.2 Å². The molecule has 0 saturated heterocycles. The lowest BCUT2D eigenvalue weighted by Gasteiger charge is -2.15. The molecule has 29 heavy (non-hydrogen) atoms. The predicted molar refractivity (Wildman–Crippen MR) is 106 cm³/mol. The van der Waals surface area contributed by atoms with E-state index in [2.05, 4.69) is 10.6 Å². The summed E-state index contributed by atoms with van der Waals surface area (Å²) >= 11 is 0. The van der Waals surface area contributed by atoms with Crippen LogP contribution in [0.4, 0.5) is 11.4 Å². The van der Waals surface area contributed by atoms with Crippen molar-refractivity contribution in [2.75, 3.05) is 5.32 Å². The summed E-state index contributed by atoms with van der Waals surface area (Å²) in [6.45, 7) is 2.59. The maximum atomic E-state index is 12.4. The summed E-state index contributed by atoms with van der Waals surface area (Å²) in [6.07, 6.45) is 0.212. The van der Waals surface area contributed by atoms with E-state index >= 15 is 0 Å². The number of nitrogens with one attached hydrogen (secondary N) is 2. The summed E-state index contributed by atoms with van der Waals surface area (Å²) in [4.78, 5) is 46.3. The van der Waals surface area contributed by atoms with E-state index in [4.69, 9.17) is 4.74 Å². The Hall–Kier alpha value is -4.01. The Bertz CT molecular complexity index is 956. The number of carbonyl (C=O) groups excluding carboxylic acids is 3. The van der Waals surface area contributed by atoms with E-state index in [1.54, 1.807) is 30.3 Å². The standard InChI is InChI=1S/C20H19N3O6/c1-13(19(25)22-16-9-6-10-17(12-16)23(27)28)29-20(26)18(21-14(2)24)11-15-7-4-3-5-8-15/h3-13H,1-2H3,(H,21,24)(H,22,25)/b18-11-/t13-/m0/s1. The van der Waals surface area contributed by atoms with Crippen LogP contribution in [-0.4, -0.2) is 28.8 Å². The third kappa shape index (κ3) is 6.58. The Kier molecular flexibility index (Phi) is 7.19. The molecule has 0 heterocycles. The van der Waals surface area contributed by atoms with Gasteiger partial charge >= 0.3 is 5.97 Å². The van der Waals surface area contributed by atoms with Crippen LogP contribution in [0.1, 0.15) is 19.4 Å². The number of esters is 1. The van der Waals surface area contributed by atoms with Crippen molar-refractivity contribution >= 4 is 35.2 Å². The molecule has 2 rings (SSSR count). The van der Waals surface area contributed by atoms with E-state index in [0.717, 1.165) is 0 Å². The second-order valence-electron chi connectivity index (χ2n) is 5.99. The van der Waals surface area contributed by atoms with E-state index in [1.807, 2.05) is 0 Å². The van der Waals surface area contributed by atoms with Gasteiger partial charge in [-0.25, -0.2) is 4.79 Å². The second kappa shape index (κ2) is 9.79. The fourth-order valence-corrected chi connectivity index (χ4v) is 2.27. The lowest BCUT2D eigenvalue weighted by Crippen LogP contribution is -2.33. The fourth-order valence-electron chi connectivity index (χ4n) is 2.27. The normalized spacial score (nSPS) is 11.9. The minimum atomic E-state index is -1.21. The highest BCUT2D eigenvalue weighted by Crippen LogP contribution is 2.17. The van der Waals surface area contributed by atoms with Crippen molar-refractivity contribution in [3.05, 3.63) is 76.0 Å². The first kappa shape index (κ1) is 21.3. The number of rotatable bonds is 7. The molecule has 0 bridgehead atoms. The van der Waals surface area contributed by atoms with Gasteiger partial charge in [0.2, 0.25) is 5.91 Å². The molecule has 0 aliphatic rings. The summed E-state index contributed by atoms with van der Waals surface area (Å²) < 4.78 is 5.13. The van der Waals surface area contributed by atoms with Crippen LogP contribution >= 0.6 is 0 Å². The molecule has 0 aliphatic heterocycles. The minimum absolute atomic E-state index is 0.126. The first-order valence-electron chi connectivity index (χ1n) is 8.57. The molecule has 2 aromatic carbocycles. The topological polar surface area (TPSA) is 128 Å². The number of nitro groups is 1. The quantitative estimate of drug-likeness (QED) is 0.320. The first-order chi connectivity index (χ1) is 13.8. The zero-order valence-corrected chi connectivity index (χ0v) is 15.7. The Labute approximate surface area is 166 Å². The highest BCUT2D eigenvalue weighted by atomic mass is 16.6. The minimum Gasteiger partial charge on any atom is -0.448 e. The van der Waals surface area contributed by atoms with Crippen molar-refractivity contribution < 1.29 is 24.0 Å². The van der Waals surface area contributed by atoms with Gasteiger partial charge in [0, 0.05) is 24.7 Å². The number of non-ortho nitro benzene ring substituents is 1. The second-order valence-corrected chi connectivity index (χ2v) is 5.99. The van der Waals surface area contributed by atoms with Gasteiger partial charge < -0.3 is 15.4 Å². The van der Waals surface area contributed by atoms with Gasteiger partial charge in [0.1, 0.15) is 5.70 Å². The van der Waals surface area contributed by atoms with Gasteiger partial charge in [0.05, 0.1) is 4.92 Å². The van der Waals surface area contributed by atoms with Crippen molar-refractivity contribution in [3.63, 3.8) is 0 Å². The summed E-state index contributed by atoms with van der Waals surface area (Å²) in [5, 5.41) is 15.6. The number of ether oxygens (including phenoxy) is 1. The van der Waals surface area contributed by atoms with Gasteiger partial charge in [-0.05, 0) is 24.6 Å². The molecule has 1 atom stereocenters. The average molecular weight is 397 g/mol. The number of hydrogen-bond donors (Lipinski definition) is 2. The predicted octanol–water partition coefficient (Wildman–Crippen LogP) is 2.64. The Morgan fingerprint density at radius 3 is 2.41 bits per heavy atom. The van der Waals surface area contributed by atoms with Gasteiger partial charge in [0.25, 0.3) is 11.6 Å². The summed E-state index contributed by atoms with van der Waals surface area (Å²) in [7, 11) is 0. The highest BCUT2D eigenvalue weighted by molar-refractivity contribution is 6.00. The van der Waals surface area contributed by atoms with E-state index in [9.17, 15) is 24.5 Å². The molecule has 9 heteroatoms. The molecule has 0 unspecified atom stereocenters. The largest absolute Gasteiger partial charge is 0.448 e. The van der Waals surface area contributed by atoms with Crippen LogP contribution in [0.5, 0.6) is 0 Å². The molecule has 0 aliphatic carbocycles. The molecule has 9 nitrogen and oxygen atoms in total. The van der Waals surface area contributed by atoms with Crippen molar-refractivity contribution in [3.8, 4) is 0 Å². The van der Waals surface area contributed by atoms with Crippen molar-refractivity contribution in [2.45, 2.75) is 20.0 Å². The Morgan fingerprint density at radius 2 is 1.79 bits per heavy atom. The Balaban J connectivity index is 2.09. The zero-order chi connectivity index (χ0) is 21.4. The van der Waals surface area contributed by atoms with E-state index in [-0.39, 0.29) is 17.1 Å². The number of nitrogens with zero attached hydrogens (tertiary/aromatic N) is 1. The smallest absolute Gasteiger partial charge is 0.355 e. The van der Waals surface area contributed by atoms with Crippen molar-refractivity contribution in [2.24, 2.45) is 0 Å². The summed E-state index contributed by atoms with van der Waals surface area (Å²) in [5.74, 6) is -2.05. The fraction of sp³-hybridized carbons (Fsp3) is 0.150. The number of hydrogen-bond acceptors (Lipinski definition) is 6. The maximum absolute atomic E-state index is 12.4. The summed E-state index contributed by atoms with van der Waals surface area (Å²) in [6, 6.07) is 14.1. The molecule has 0 saturated carbocycles. The van der Waals surface area contributed by atoms with Crippen LogP contribution in [-0.2, 0) is 19.1 Å². The Morgan fingerprint density at radius 1 is 1.10 bits per heavy atom. The number of benzene rings is 2. The average Bonchev–Trinajstić information content (AvgIpc) is 2.68. The molecule has 150 valence electrons. The van der Waals surface area contributed by atoms with Crippen LogP contribution in [0.15, 0.2) is 60.3 Å². The third-order valence-electron chi connectivity index (χ3n) is 3.62. The third-order valence-corrected chi connectivity index (χ3v) is 3.62. The van der Waals surface area contributed by atoms with Gasteiger partial charge in [-0.2, -0.15) is 0 Å². The molecule has 2 aromatic rings. The molecular weight excluding hydrogens is 378 g/mol. The number of amides is 2. The number of carbonyl (C=O) groups is 3. The van der Waals surface area contributed by atoms with Gasteiger partial charge in [-0.1, -0.05) is 36.4 Å². The van der Waals surface area contributed by atoms with Crippen LogP contribution in [0.25, 0.3) is 6.08 Å². The van der Waals surface area contributed by atoms with Crippen molar-refractivity contribution in [1.82, 2.24) is 5.32 Å². The first-order valence-corrected chi connectivity index (χ1v) is 8.57. The molecule has 2 amide bonds. The number of nitro benzene ring substituents is 1. The SMILES string of the molecule is CC(=O)N/C(=C\c1ccccc1)C(=O)O[C@@H](C)C(=O)Nc1cccc([N+](=O)[O-])c1. The van der Waals surface area contributed by atoms with Crippen LogP contribution in [0.3, 0.4) is 0 Å². The molecular formula is C20H19N3O6. The molecule has 0 spiro atoms. The van der Waals surface area contributed by atoms with Gasteiger partial charge in [-0.15, -0.1) is 0 Å². The van der Waals surface area contributed by atoms with Crippen molar-refractivity contribution in [1.29, 1.82) is 0 Å². The zero-order valence-electron chi connectivity index (χ0n) is 15.7. The lowest BCUT2D eigenvalue weighted by atomic mass is 10.2. The highest BCUT2D eigenvalue weighted by Gasteiger charge is 2.22. The van der Waals surface area contributed by atoms with Gasteiger partial charge in [0.15, 0.2) is 6.10 Å². The van der Waals surface area contributed by atoms with E-state index in [0.29, 0.717) is 5.56 Å². The van der Waals surface area contributed by atoms with Crippen LogP contribution < -0.4 is 10.6 Å². The molecule has 0 radical (unpaired) electrons. The van der Waals surface area contributed by atoms with Crippen LogP contribution in [0.2, 0.25) is 0 Å². The number of anilines is 1. The molecule has 0 aromatic heterocycles. The molecule has 2 N–H and O–H groups in total. The maximum Gasteiger partial charge on any atom is 0.355 e. The lowest BCUT2D eigenvalue weighted by molar-refractivity contribution is -0.384. The summed E-state index contributed by atoms with van der Waals surface area (Å²) in [5.41, 5.74) is 0.529. The molecule has 0 fully saturated rings.